The largest absolute Gasteiger partial charge is 0.481 e. The number of hydrogen-bond donors (Lipinski definition) is 2. The summed E-state index contributed by atoms with van der Waals surface area (Å²) in [7, 11) is 0. The van der Waals surface area contributed by atoms with E-state index in [1.165, 1.54) is 23.5 Å². The van der Waals surface area contributed by atoms with E-state index < -0.39 is 23.3 Å². The molecule has 2 aromatic rings. The Morgan fingerprint density at radius 1 is 1.50 bits per heavy atom. The maximum absolute atomic E-state index is 13.4. The summed E-state index contributed by atoms with van der Waals surface area (Å²) in [5, 5.41) is 20.3. The summed E-state index contributed by atoms with van der Waals surface area (Å²) in [5.74, 6) is -1.45. The fraction of sp³-hybridized carbons (Fsp3) is 0.412. The van der Waals surface area contributed by atoms with Crippen molar-refractivity contribution in [2.75, 3.05) is 13.1 Å². The van der Waals surface area contributed by atoms with E-state index in [0.717, 1.165) is 4.88 Å². The van der Waals surface area contributed by atoms with E-state index >= 15 is 0 Å². The van der Waals surface area contributed by atoms with Crippen molar-refractivity contribution in [2.45, 2.75) is 25.5 Å². The van der Waals surface area contributed by atoms with Gasteiger partial charge in [0.25, 0.3) is 0 Å². The van der Waals surface area contributed by atoms with Crippen molar-refractivity contribution in [2.24, 2.45) is 5.41 Å². The Kier molecular flexibility index (Phi) is 4.93. The molecule has 2 heterocycles. The van der Waals surface area contributed by atoms with E-state index in [1.54, 1.807) is 23.8 Å². The Balaban J connectivity index is 1.84. The number of rotatable bonds is 5. The molecular formula is C17H19FN2O3S. The van der Waals surface area contributed by atoms with Gasteiger partial charge in [0.1, 0.15) is 11.2 Å². The first-order chi connectivity index (χ1) is 11.5. The number of likely N-dealkylation sites (tertiary alicyclic amines) is 1. The molecule has 24 heavy (non-hydrogen) atoms. The second kappa shape index (κ2) is 6.96. The van der Waals surface area contributed by atoms with Crippen molar-refractivity contribution in [1.82, 2.24) is 9.88 Å². The standard InChI is InChI=1S/C17H19FN2O3S/c18-13-3-1-2-12(6-13)7-17(16(22)23)10-20(5-4-15(17)21)9-14-8-19-11-24-14/h1-3,6,8,11,15,21H,4-5,7,9-10H2,(H,22,23)/t15-,17-/m1/s1. The molecule has 2 atom stereocenters. The topological polar surface area (TPSA) is 73.7 Å². The molecular weight excluding hydrogens is 331 g/mol. The number of nitrogens with zero attached hydrogens (tertiary/aromatic N) is 2. The third-order valence-corrected chi connectivity index (χ3v) is 5.32. The second-order valence-electron chi connectivity index (χ2n) is 6.25. The number of aliphatic hydroxyl groups excluding tert-OH is 1. The van der Waals surface area contributed by atoms with Crippen LogP contribution < -0.4 is 0 Å². The quantitative estimate of drug-likeness (QED) is 0.864. The molecule has 1 fully saturated rings. The molecule has 1 aliphatic heterocycles. The number of benzene rings is 1. The number of carboxylic acid groups (broad SMARTS) is 1. The Hall–Kier alpha value is -1.83. The van der Waals surface area contributed by atoms with Crippen LogP contribution in [0.3, 0.4) is 0 Å². The number of aliphatic carboxylic acids is 1. The van der Waals surface area contributed by atoms with Crippen LogP contribution in [0.25, 0.3) is 0 Å². The van der Waals surface area contributed by atoms with E-state index in [1.807, 2.05) is 4.90 Å². The molecule has 0 bridgehead atoms. The van der Waals surface area contributed by atoms with Gasteiger partial charge in [0.2, 0.25) is 0 Å². The first kappa shape index (κ1) is 17.0. The van der Waals surface area contributed by atoms with Gasteiger partial charge in [0, 0.05) is 30.7 Å². The normalized spacial score (nSPS) is 24.8. The van der Waals surface area contributed by atoms with Gasteiger partial charge >= 0.3 is 5.97 Å². The fourth-order valence-electron chi connectivity index (χ4n) is 3.31. The second-order valence-corrected chi connectivity index (χ2v) is 7.22. The van der Waals surface area contributed by atoms with Gasteiger partial charge in [-0.25, -0.2) is 4.39 Å². The summed E-state index contributed by atoms with van der Waals surface area (Å²) < 4.78 is 13.4. The van der Waals surface area contributed by atoms with Crippen molar-refractivity contribution < 1.29 is 19.4 Å². The van der Waals surface area contributed by atoms with E-state index in [9.17, 15) is 19.4 Å². The van der Waals surface area contributed by atoms with Gasteiger partial charge in [-0.15, -0.1) is 11.3 Å². The zero-order valence-corrected chi connectivity index (χ0v) is 13.9. The zero-order valence-electron chi connectivity index (χ0n) is 13.1. The first-order valence-electron chi connectivity index (χ1n) is 7.75. The highest BCUT2D eigenvalue weighted by molar-refractivity contribution is 7.09. The zero-order chi connectivity index (χ0) is 17.2. The number of carbonyl (C=O) groups is 1. The average molecular weight is 350 g/mol. The molecule has 1 aliphatic rings. The smallest absolute Gasteiger partial charge is 0.313 e. The molecule has 1 saturated heterocycles. The lowest BCUT2D eigenvalue weighted by molar-refractivity contribution is -0.163. The summed E-state index contributed by atoms with van der Waals surface area (Å²) >= 11 is 1.52. The average Bonchev–Trinajstić information content (AvgIpc) is 3.03. The van der Waals surface area contributed by atoms with E-state index in [4.69, 9.17) is 0 Å². The van der Waals surface area contributed by atoms with Crippen molar-refractivity contribution in [1.29, 1.82) is 0 Å². The number of carboxylic acids is 1. The predicted octanol–water partition coefficient (Wildman–Crippen LogP) is 2.16. The highest BCUT2D eigenvalue weighted by Crippen LogP contribution is 2.35. The van der Waals surface area contributed by atoms with Gasteiger partial charge in [-0.1, -0.05) is 12.1 Å². The van der Waals surface area contributed by atoms with Crippen LogP contribution in [-0.4, -0.2) is 45.3 Å². The van der Waals surface area contributed by atoms with Crippen LogP contribution in [0, 0.1) is 11.2 Å². The van der Waals surface area contributed by atoms with Crippen LogP contribution in [0.15, 0.2) is 36.0 Å². The monoisotopic (exact) mass is 350 g/mol. The lowest BCUT2D eigenvalue weighted by Gasteiger charge is -2.43. The van der Waals surface area contributed by atoms with Crippen LogP contribution in [0.4, 0.5) is 4.39 Å². The van der Waals surface area contributed by atoms with Crippen LogP contribution in [0.1, 0.15) is 16.9 Å². The van der Waals surface area contributed by atoms with Gasteiger partial charge in [-0.2, -0.15) is 0 Å². The maximum Gasteiger partial charge on any atom is 0.313 e. The van der Waals surface area contributed by atoms with Crippen LogP contribution in [-0.2, 0) is 17.8 Å². The van der Waals surface area contributed by atoms with Crippen LogP contribution in [0.5, 0.6) is 0 Å². The van der Waals surface area contributed by atoms with Gasteiger partial charge in [-0.3, -0.25) is 14.7 Å². The van der Waals surface area contributed by atoms with Crippen molar-refractivity contribution in [3.05, 3.63) is 52.2 Å². The SMILES string of the molecule is O=C(O)[C@]1(Cc2cccc(F)c2)CN(Cc2cncs2)CC[C@H]1O. The Morgan fingerprint density at radius 3 is 3.00 bits per heavy atom. The van der Waals surface area contributed by atoms with Crippen LogP contribution >= 0.6 is 11.3 Å². The van der Waals surface area contributed by atoms with E-state index in [2.05, 4.69) is 4.98 Å². The lowest BCUT2D eigenvalue weighted by atomic mass is 9.73. The Morgan fingerprint density at radius 2 is 2.33 bits per heavy atom. The summed E-state index contributed by atoms with van der Waals surface area (Å²) in [6, 6.07) is 5.91. The summed E-state index contributed by atoms with van der Waals surface area (Å²) in [6.07, 6.45) is 1.28. The molecule has 0 amide bonds. The maximum atomic E-state index is 13.4. The summed E-state index contributed by atoms with van der Waals surface area (Å²) in [4.78, 5) is 19.1. The van der Waals surface area contributed by atoms with Crippen molar-refractivity contribution in [3.63, 3.8) is 0 Å². The molecule has 1 aromatic carbocycles. The molecule has 7 heteroatoms. The third-order valence-electron chi connectivity index (χ3n) is 4.56. The van der Waals surface area contributed by atoms with Gasteiger partial charge < -0.3 is 10.2 Å². The Bertz CT molecular complexity index is 710. The van der Waals surface area contributed by atoms with Crippen molar-refractivity contribution in [3.8, 4) is 0 Å². The number of halogens is 1. The highest BCUT2D eigenvalue weighted by Gasteiger charge is 2.49. The molecule has 0 radical (unpaired) electrons. The molecule has 3 rings (SSSR count). The molecule has 128 valence electrons. The number of aromatic nitrogens is 1. The molecule has 0 saturated carbocycles. The van der Waals surface area contributed by atoms with Gasteiger partial charge in [-0.05, 0) is 30.5 Å². The third kappa shape index (κ3) is 3.48. The minimum atomic E-state index is -1.34. The molecule has 0 aliphatic carbocycles. The van der Waals surface area contributed by atoms with Crippen LogP contribution in [0.2, 0.25) is 0 Å². The van der Waals surface area contributed by atoms with Gasteiger partial charge in [0.05, 0.1) is 11.6 Å². The highest BCUT2D eigenvalue weighted by atomic mass is 32.1. The predicted molar refractivity (Wildman–Crippen MR) is 88.2 cm³/mol. The number of aliphatic hydroxyl groups is 1. The number of piperidine rings is 1. The number of hydrogen-bond acceptors (Lipinski definition) is 5. The molecule has 5 nitrogen and oxygen atoms in total. The van der Waals surface area contributed by atoms with Crippen molar-refractivity contribution >= 4 is 17.3 Å². The summed E-state index contributed by atoms with van der Waals surface area (Å²) in [6.45, 7) is 1.45. The fourth-order valence-corrected chi connectivity index (χ4v) is 3.95. The molecule has 1 aromatic heterocycles. The molecule has 0 spiro atoms. The van der Waals surface area contributed by atoms with E-state index in [-0.39, 0.29) is 13.0 Å². The molecule has 0 unspecified atom stereocenters. The van der Waals surface area contributed by atoms with Gasteiger partial charge in [0.15, 0.2) is 0 Å². The van der Waals surface area contributed by atoms with E-state index in [0.29, 0.717) is 25.1 Å². The minimum Gasteiger partial charge on any atom is -0.481 e. The lowest BCUT2D eigenvalue weighted by Crippen LogP contribution is -2.56. The molecule has 2 N–H and O–H groups in total. The Labute approximate surface area is 143 Å². The first-order valence-corrected chi connectivity index (χ1v) is 8.63. The number of thiazole rings is 1. The minimum absolute atomic E-state index is 0.0977. The summed E-state index contributed by atoms with van der Waals surface area (Å²) in [5.41, 5.74) is 0.985.